The van der Waals surface area contributed by atoms with Gasteiger partial charge in [-0.2, -0.15) is 10.1 Å². The number of amides is 1. The topological polar surface area (TPSA) is 158 Å². The van der Waals surface area contributed by atoms with Crippen molar-refractivity contribution in [3.63, 3.8) is 0 Å². The van der Waals surface area contributed by atoms with Gasteiger partial charge in [0.15, 0.2) is 10.7 Å². The molecule has 242 valence electrons. The second-order valence-electron chi connectivity index (χ2n) is 11.3. The van der Waals surface area contributed by atoms with Crippen LogP contribution in [0.15, 0.2) is 63.2 Å². The molecule has 2 N–H and O–H groups in total. The number of carbonyl (C=O) groups excluding carboxylic acids is 1. The number of ether oxygens (including phenoxy) is 1. The molecule has 2 saturated heterocycles. The molecule has 2 atom stereocenters. The molecule has 1 amide bonds. The van der Waals surface area contributed by atoms with Gasteiger partial charge in [-0.3, -0.25) is 14.5 Å². The van der Waals surface area contributed by atoms with Crippen molar-refractivity contribution < 1.29 is 17.9 Å². The molecule has 16 heteroatoms. The van der Waals surface area contributed by atoms with E-state index < -0.39 is 37.0 Å². The van der Waals surface area contributed by atoms with Gasteiger partial charge in [0, 0.05) is 38.9 Å². The third-order valence-corrected chi connectivity index (χ3v) is 10.8. The predicted octanol–water partition coefficient (Wildman–Crippen LogP) is 1.88. The number of hydrogen-bond donors (Lipinski definition) is 2. The Hall–Kier alpha value is -4.09. The normalized spacial score (nSPS) is 19.9. The first kappa shape index (κ1) is 31.9. The Morgan fingerprint density at radius 3 is 2.43 bits per heavy atom. The number of benzene rings is 2. The number of aromatic nitrogens is 4. The van der Waals surface area contributed by atoms with Crippen LogP contribution in [0.1, 0.15) is 27.9 Å². The summed E-state index contributed by atoms with van der Waals surface area (Å²) in [6, 6.07) is 14.5. The van der Waals surface area contributed by atoms with E-state index in [0.717, 1.165) is 46.7 Å². The molecule has 2 fully saturated rings. The number of rotatable bonds is 9. The van der Waals surface area contributed by atoms with E-state index >= 15 is 0 Å². The minimum atomic E-state index is -4.70. The summed E-state index contributed by atoms with van der Waals surface area (Å²) < 4.78 is 34.7. The van der Waals surface area contributed by atoms with Crippen LogP contribution in [-0.4, -0.2) is 107 Å². The smallest absolute Gasteiger partial charge is 0.283 e. The minimum absolute atomic E-state index is 0.0286. The number of thioether (sulfide) groups is 1. The SMILES string of the molecule is COc1ccc(/C=N/c2nc3[nH]nc(C)n3c(=O)c2S(=O)(=O)NN2C(=O)C(CN3CCN(C)CC3)SC2c2ccc(C)cc2)cc1. The molecule has 0 aliphatic carbocycles. The first-order valence-corrected chi connectivity index (χ1v) is 17.1. The number of sulfonamides is 1. The highest BCUT2D eigenvalue weighted by Gasteiger charge is 2.45. The van der Waals surface area contributed by atoms with E-state index in [1.54, 1.807) is 38.3 Å². The maximum atomic E-state index is 14.2. The summed E-state index contributed by atoms with van der Waals surface area (Å²) in [6.45, 7) is 7.36. The Labute approximate surface area is 270 Å². The van der Waals surface area contributed by atoms with Gasteiger partial charge in [-0.1, -0.05) is 29.8 Å². The summed E-state index contributed by atoms with van der Waals surface area (Å²) in [6.07, 6.45) is 1.40. The van der Waals surface area contributed by atoms with Gasteiger partial charge in [-0.25, -0.2) is 27.9 Å². The van der Waals surface area contributed by atoms with E-state index in [1.807, 2.05) is 31.2 Å². The van der Waals surface area contributed by atoms with Gasteiger partial charge in [0.05, 0.1) is 7.11 Å². The number of aryl methyl sites for hydroxylation is 2. The third-order valence-electron chi connectivity index (χ3n) is 8.03. The molecule has 2 aromatic heterocycles. The van der Waals surface area contributed by atoms with Crippen molar-refractivity contribution in [1.29, 1.82) is 0 Å². The summed E-state index contributed by atoms with van der Waals surface area (Å²) in [4.78, 5) is 42.6. The van der Waals surface area contributed by atoms with Gasteiger partial charge < -0.3 is 9.64 Å². The van der Waals surface area contributed by atoms with Crippen LogP contribution in [0, 0.1) is 13.8 Å². The molecular weight excluding hydrogens is 631 g/mol. The fraction of sp³-hybridized carbons (Fsp3) is 0.367. The van der Waals surface area contributed by atoms with Crippen LogP contribution < -0.4 is 15.1 Å². The van der Waals surface area contributed by atoms with E-state index in [1.165, 1.54) is 18.0 Å². The van der Waals surface area contributed by atoms with Crippen molar-refractivity contribution >= 4 is 45.5 Å². The lowest BCUT2D eigenvalue weighted by Crippen LogP contribution is -2.50. The van der Waals surface area contributed by atoms with Gasteiger partial charge in [-0.15, -0.1) is 16.6 Å². The second-order valence-corrected chi connectivity index (χ2v) is 14.2. The maximum absolute atomic E-state index is 14.2. The Bertz CT molecular complexity index is 1930. The molecule has 2 aliphatic rings. The van der Waals surface area contributed by atoms with Crippen molar-refractivity contribution in [2.45, 2.75) is 29.4 Å². The average Bonchev–Trinajstić information content (AvgIpc) is 3.56. The van der Waals surface area contributed by atoms with Crippen LogP contribution in [-0.2, 0) is 14.8 Å². The predicted molar refractivity (Wildman–Crippen MR) is 175 cm³/mol. The highest BCUT2D eigenvalue weighted by atomic mass is 32.2. The zero-order valence-corrected chi connectivity index (χ0v) is 27.5. The van der Waals surface area contributed by atoms with Gasteiger partial charge in [-0.05, 0) is 56.3 Å². The average molecular weight is 666 g/mol. The molecule has 46 heavy (non-hydrogen) atoms. The number of piperazine rings is 1. The number of carbonyl (C=O) groups is 1. The summed E-state index contributed by atoms with van der Waals surface area (Å²) in [5, 5.41) is 6.60. The fourth-order valence-corrected chi connectivity index (χ4v) is 8.06. The van der Waals surface area contributed by atoms with Crippen LogP contribution in [0.2, 0.25) is 0 Å². The van der Waals surface area contributed by atoms with Crippen molar-refractivity contribution in [2.24, 2.45) is 4.99 Å². The van der Waals surface area contributed by atoms with E-state index in [9.17, 15) is 18.0 Å². The van der Waals surface area contributed by atoms with Crippen LogP contribution in [0.4, 0.5) is 5.82 Å². The molecule has 0 bridgehead atoms. The van der Waals surface area contributed by atoms with Crippen LogP contribution >= 0.6 is 11.8 Å². The van der Waals surface area contributed by atoms with Crippen molar-refractivity contribution in [2.75, 3.05) is 46.9 Å². The largest absolute Gasteiger partial charge is 0.497 e. The summed E-state index contributed by atoms with van der Waals surface area (Å²) in [7, 11) is -1.09. The Kier molecular flexibility index (Phi) is 8.98. The van der Waals surface area contributed by atoms with Crippen LogP contribution in [0.5, 0.6) is 5.75 Å². The Morgan fingerprint density at radius 1 is 1.07 bits per heavy atom. The molecule has 2 aromatic carbocycles. The molecule has 4 heterocycles. The number of aromatic amines is 1. The monoisotopic (exact) mass is 665 g/mol. The number of nitrogens with one attached hydrogen (secondary N) is 2. The Morgan fingerprint density at radius 2 is 1.76 bits per heavy atom. The number of methoxy groups -OCH3 is 1. The molecule has 0 radical (unpaired) electrons. The molecule has 4 aromatic rings. The highest BCUT2D eigenvalue weighted by molar-refractivity contribution is 8.01. The lowest BCUT2D eigenvalue weighted by atomic mass is 10.1. The first-order valence-electron chi connectivity index (χ1n) is 14.7. The minimum Gasteiger partial charge on any atom is -0.497 e. The standard InChI is InChI=1S/C30H35N9O5S2/c1-19-5-9-22(10-6-19)29-39(27(40)24(45-29)18-37-15-13-36(3)14-16-37)35-46(42,43)25-26(31-17-21-7-11-23(44-4)12-8-21)32-30-34-33-20(2)38(30)28(25)41/h5-12,17,24,29,35H,13-16,18H2,1-4H3,(H,32,34)/b31-17+. The van der Waals surface area contributed by atoms with E-state index in [0.29, 0.717) is 17.9 Å². The Balaban J connectivity index is 1.37. The van der Waals surface area contributed by atoms with E-state index in [4.69, 9.17) is 4.74 Å². The van der Waals surface area contributed by atoms with Gasteiger partial charge >= 0.3 is 0 Å². The number of hydrogen-bond acceptors (Lipinski definition) is 11. The number of H-pyrrole nitrogens is 1. The van der Waals surface area contributed by atoms with E-state index in [-0.39, 0.29) is 17.4 Å². The van der Waals surface area contributed by atoms with Crippen molar-refractivity contribution in [3.05, 3.63) is 81.4 Å². The molecular formula is C30H35N9O5S2. The number of likely N-dealkylation sites (N-methyl/N-ethyl adjacent to an activating group) is 1. The van der Waals surface area contributed by atoms with Crippen LogP contribution in [0.3, 0.4) is 0 Å². The quantitative estimate of drug-likeness (QED) is 0.253. The molecule has 14 nitrogen and oxygen atoms in total. The number of nitrogens with zero attached hydrogens (tertiary/aromatic N) is 7. The molecule has 2 unspecified atom stereocenters. The fourth-order valence-electron chi connectivity index (χ4n) is 5.36. The highest BCUT2D eigenvalue weighted by Crippen LogP contribution is 2.43. The zero-order valence-electron chi connectivity index (χ0n) is 25.9. The summed E-state index contributed by atoms with van der Waals surface area (Å²) >= 11 is 1.38. The molecule has 0 saturated carbocycles. The summed E-state index contributed by atoms with van der Waals surface area (Å²) in [5.74, 6) is 0.137. The van der Waals surface area contributed by atoms with Gasteiger partial charge in [0.25, 0.3) is 21.5 Å². The van der Waals surface area contributed by atoms with Crippen molar-refractivity contribution in [1.82, 2.24) is 39.2 Å². The number of hydrazine groups is 1. The summed E-state index contributed by atoms with van der Waals surface area (Å²) in [5.41, 5.74) is 1.51. The molecule has 6 rings (SSSR count). The first-order chi connectivity index (χ1) is 22.0. The zero-order chi connectivity index (χ0) is 32.6. The number of aliphatic imine (C=N–C) groups is 1. The molecule has 0 spiro atoms. The van der Waals surface area contributed by atoms with Gasteiger partial charge in [0.2, 0.25) is 5.78 Å². The van der Waals surface area contributed by atoms with E-state index in [2.05, 4.69) is 41.9 Å². The second kappa shape index (κ2) is 13.0. The maximum Gasteiger partial charge on any atom is 0.283 e. The lowest BCUT2D eigenvalue weighted by Gasteiger charge is -2.33. The van der Waals surface area contributed by atoms with Crippen molar-refractivity contribution in [3.8, 4) is 5.75 Å². The third kappa shape index (κ3) is 6.43. The molecule has 2 aliphatic heterocycles. The number of fused-ring (bicyclic) bond motifs is 1. The lowest BCUT2D eigenvalue weighted by molar-refractivity contribution is -0.132. The van der Waals surface area contributed by atoms with Crippen LogP contribution in [0.25, 0.3) is 5.78 Å². The van der Waals surface area contributed by atoms with Gasteiger partial charge in [0.1, 0.15) is 22.2 Å².